The molecule has 4 heteroatoms. The number of likely N-dealkylation sites (tertiary alicyclic amines) is 1. The molecule has 1 aliphatic rings. The predicted molar refractivity (Wildman–Crippen MR) is 59.2 cm³/mol. The van der Waals surface area contributed by atoms with Crippen LogP contribution < -0.4 is 0 Å². The summed E-state index contributed by atoms with van der Waals surface area (Å²) in [5.74, 6) is -0.442. The zero-order chi connectivity index (χ0) is 12.6. The Labute approximate surface area is 96.2 Å². The molecule has 16 heavy (non-hydrogen) atoms. The summed E-state index contributed by atoms with van der Waals surface area (Å²) in [6, 6.07) is 2.14. The molecule has 0 aromatic heterocycles. The molecule has 0 atom stereocenters. The van der Waals surface area contributed by atoms with E-state index in [0.717, 1.165) is 0 Å². The number of imide groups is 1. The monoisotopic (exact) mass is 222 g/mol. The second-order valence-corrected chi connectivity index (χ2v) is 4.95. The molecule has 1 rings (SSSR count). The summed E-state index contributed by atoms with van der Waals surface area (Å²) in [5, 5.41) is 9.25. The maximum Gasteiger partial charge on any atom is 0.236 e. The van der Waals surface area contributed by atoms with Crippen molar-refractivity contribution >= 4 is 11.8 Å². The second kappa shape index (κ2) is 3.89. The van der Waals surface area contributed by atoms with Crippen molar-refractivity contribution in [2.75, 3.05) is 0 Å². The van der Waals surface area contributed by atoms with Crippen LogP contribution in [0.25, 0.3) is 0 Å². The number of nitriles is 1. The molecule has 88 valence electrons. The first kappa shape index (κ1) is 12.7. The highest BCUT2D eigenvalue weighted by Crippen LogP contribution is 2.38. The largest absolute Gasteiger partial charge is 0.274 e. The highest BCUT2D eigenvalue weighted by molar-refractivity contribution is 6.06. The van der Waals surface area contributed by atoms with E-state index in [2.05, 4.69) is 6.07 Å². The summed E-state index contributed by atoms with van der Waals surface area (Å²) < 4.78 is 0. The van der Waals surface area contributed by atoms with Gasteiger partial charge in [-0.05, 0) is 12.8 Å². The van der Waals surface area contributed by atoms with Crippen LogP contribution in [0, 0.1) is 16.7 Å². The van der Waals surface area contributed by atoms with Gasteiger partial charge in [-0.3, -0.25) is 14.5 Å². The summed E-state index contributed by atoms with van der Waals surface area (Å²) in [5.41, 5.74) is -1.62. The number of hydrogen-bond donors (Lipinski definition) is 0. The maximum absolute atomic E-state index is 12.1. The number of amides is 2. The second-order valence-electron chi connectivity index (χ2n) is 4.95. The summed E-state index contributed by atoms with van der Waals surface area (Å²) in [6.07, 6.45) is 1.16. The highest BCUT2D eigenvalue weighted by Gasteiger charge is 2.52. The van der Waals surface area contributed by atoms with Crippen LogP contribution in [0.2, 0.25) is 0 Å². The minimum absolute atomic E-state index is 0.204. The van der Waals surface area contributed by atoms with Gasteiger partial charge >= 0.3 is 0 Å². The third-order valence-corrected chi connectivity index (χ3v) is 3.43. The zero-order valence-corrected chi connectivity index (χ0v) is 10.3. The van der Waals surface area contributed by atoms with E-state index in [1.54, 1.807) is 13.8 Å². The van der Waals surface area contributed by atoms with Crippen molar-refractivity contribution in [3.63, 3.8) is 0 Å². The number of hydrogen-bond acceptors (Lipinski definition) is 3. The van der Waals surface area contributed by atoms with Crippen molar-refractivity contribution in [2.45, 2.75) is 52.5 Å². The fourth-order valence-electron chi connectivity index (χ4n) is 2.16. The quantitative estimate of drug-likeness (QED) is 0.685. The van der Waals surface area contributed by atoms with Gasteiger partial charge in [0.1, 0.15) is 5.54 Å². The van der Waals surface area contributed by atoms with E-state index >= 15 is 0 Å². The van der Waals surface area contributed by atoms with Gasteiger partial charge in [-0.25, -0.2) is 0 Å². The van der Waals surface area contributed by atoms with Crippen LogP contribution in [0.1, 0.15) is 47.0 Å². The van der Waals surface area contributed by atoms with Crippen molar-refractivity contribution in [3.8, 4) is 6.07 Å². The van der Waals surface area contributed by atoms with Gasteiger partial charge in [-0.1, -0.05) is 27.7 Å². The smallest absolute Gasteiger partial charge is 0.236 e. The van der Waals surface area contributed by atoms with E-state index in [0.29, 0.717) is 12.8 Å². The molecule has 1 aliphatic heterocycles. The van der Waals surface area contributed by atoms with Crippen molar-refractivity contribution in [3.05, 3.63) is 0 Å². The Bertz CT molecular complexity index is 362. The molecule has 0 bridgehead atoms. The van der Waals surface area contributed by atoms with Crippen LogP contribution >= 0.6 is 0 Å². The Morgan fingerprint density at radius 1 is 1.38 bits per heavy atom. The van der Waals surface area contributed by atoms with Crippen molar-refractivity contribution in [1.29, 1.82) is 5.26 Å². The summed E-state index contributed by atoms with van der Waals surface area (Å²) >= 11 is 0. The van der Waals surface area contributed by atoms with Crippen LogP contribution in [0.3, 0.4) is 0 Å². The van der Waals surface area contributed by atoms with Gasteiger partial charge in [0, 0.05) is 6.42 Å². The van der Waals surface area contributed by atoms with Crippen LogP contribution in [-0.2, 0) is 9.59 Å². The lowest BCUT2D eigenvalue weighted by atomic mass is 9.90. The highest BCUT2D eigenvalue weighted by atomic mass is 16.2. The van der Waals surface area contributed by atoms with Gasteiger partial charge in [0.2, 0.25) is 11.8 Å². The Kier molecular flexibility index (Phi) is 3.09. The van der Waals surface area contributed by atoms with Gasteiger partial charge in [0.15, 0.2) is 0 Å². The van der Waals surface area contributed by atoms with Gasteiger partial charge < -0.3 is 0 Å². The van der Waals surface area contributed by atoms with Crippen molar-refractivity contribution < 1.29 is 9.59 Å². The Hall–Kier alpha value is -1.37. The van der Waals surface area contributed by atoms with Crippen LogP contribution in [-0.4, -0.2) is 22.3 Å². The topological polar surface area (TPSA) is 61.2 Å². The van der Waals surface area contributed by atoms with Gasteiger partial charge in [0.25, 0.3) is 0 Å². The van der Waals surface area contributed by atoms with Crippen molar-refractivity contribution in [2.24, 2.45) is 5.41 Å². The number of carbonyl (C=O) groups excluding carboxylic acids is 2. The molecule has 4 nitrogen and oxygen atoms in total. The van der Waals surface area contributed by atoms with Gasteiger partial charge in [-0.2, -0.15) is 5.26 Å². The maximum atomic E-state index is 12.1. The first-order chi connectivity index (χ1) is 7.34. The first-order valence-corrected chi connectivity index (χ1v) is 5.63. The van der Waals surface area contributed by atoms with Crippen molar-refractivity contribution in [1.82, 2.24) is 4.90 Å². The lowest BCUT2D eigenvalue weighted by Gasteiger charge is -2.33. The van der Waals surface area contributed by atoms with E-state index < -0.39 is 11.0 Å². The van der Waals surface area contributed by atoms with Gasteiger partial charge in [-0.15, -0.1) is 0 Å². The molecule has 0 N–H and O–H groups in total. The zero-order valence-electron chi connectivity index (χ0n) is 10.3. The Morgan fingerprint density at radius 3 is 2.12 bits per heavy atom. The molecule has 0 aromatic carbocycles. The lowest BCUT2D eigenvalue weighted by Crippen LogP contribution is -2.51. The van der Waals surface area contributed by atoms with Crippen LogP contribution in [0.15, 0.2) is 0 Å². The predicted octanol–water partition coefficient (Wildman–Crippen LogP) is 1.85. The summed E-state index contributed by atoms with van der Waals surface area (Å²) in [6.45, 7) is 7.17. The lowest BCUT2D eigenvalue weighted by molar-refractivity contribution is -0.146. The molecule has 0 saturated carbocycles. The molecule has 2 amide bonds. The molecule has 1 saturated heterocycles. The molecular formula is C12H18N2O2. The molecular weight excluding hydrogens is 204 g/mol. The first-order valence-electron chi connectivity index (χ1n) is 5.63. The molecule has 0 aliphatic carbocycles. The average molecular weight is 222 g/mol. The fraction of sp³-hybridized carbons (Fsp3) is 0.750. The summed E-state index contributed by atoms with van der Waals surface area (Å²) in [7, 11) is 0. The molecule has 0 radical (unpaired) electrons. The normalized spacial score (nSPS) is 20.1. The average Bonchev–Trinajstić information content (AvgIpc) is 2.43. The van der Waals surface area contributed by atoms with Gasteiger partial charge in [0.05, 0.1) is 11.5 Å². The van der Waals surface area contributed by atoms with E-state index in [4.69, 9.17) is 0 Å². The molecule has 0 aromatic rings. The third kappa shape index (κ3) is 1.60. The number of rotatable bonds is 3. The minimum atomic E-state index is -0.956. The summed E-state index contributed by atoms with van der Waals surface area (Å²) in [4.78, 5) is 25.2. The SMILES string of the molecule is CCC(C#N)(CC)N1C(=O)CC(C)(C)C1=O. The Balaban J connectivity index is 3.19. The molecule has 1 fully saturated rings. The van der Waals surface area contributed by atoms with Crippen LogP contribution in [0.4, 0.5) is 0 Å². The molecule has 0 unspecified atom stereocenters. The third-order valence-electron chi connectivity index (χ3n) is 3.43. The number of carbonyl (C=O) groups is 2. The standard InChI is InChI=1S/C12H18N2O2/c1-5-12(6-2,8-13)14-9(15)7-11(3,4)10(14)16/h5-7H2,1-4H3. The van der Waals surface area contributed by atoms with E-state index in [9.17, 15) is 14.9 Å². The van der Waals surface area contributed by atoms with E-state index in [1.807, 2.05) is 13.8 Å². The van der Waals surface area contributed by atoms with E-state index in [1.165, 1.54) is 4.90 Å². The van der Waals surface area contributed by atoms with E-state index in [-0.39, 0.29) is 18.2 Å². The molecule has 1 heterocycles. The molecule has 0 spiro atoms. The minimum Gasteiger partial charge on any atom is -0.274 e. The van der Waals surface area contributed by atoms with Crippen LogP contribution in [0.5, 0.6) is 0 Å². The fourth-order valence-corrected chi connectivity index (χ4v) is 2.16. The number of nitrogens with zero attached hydrogens (tertiary/aromatic N) is 2. The Morgan fingerprint density at radius 2 is 1.88 bits per heavy atom.